The van der Waals surface area contributed by atoms with Gasteiger partial charge in [-0.1, -0.05) is 324 Å². The summed E-state index contributed by atoms with van der Waals surface area (Å²) < 4.78 is 68.4. The van der Waals surface area contributed by atoms with E-state index in [9.17, 15) is 43.2 Å². The maximum Gasteiger partial charge on any atom is 0.472 e. The summed E-state index contributed by atoms with van der Waals surface area (Å²) >= 11 is 0. The highest BCUT2D eigenvalue weighted by molar-refractivity contribution is 7.47. The lowest BCUT2D eigenvalue weighted by Crippen LogP contribution is -2.30. The molecule has 0 aliphatic heterocycles. The molecule has 0 saturated heterocycles. The van der Waals surface area contributed by atoms with Crippen molar-refractivity contribution in [2.75, 3.05) is 39.6 Å². The summed E-state index contributed by atoms with van der Waals surface area (Å²) in [6, 6.07) is 0. The molecular weight excluding hydrogens is 1210 g/mol. The molecular formula is C73H142O17P2. The Bertz CT molecular complexity index is 1790. The summed E-state index contributed by atoms with van der Waals surface area (Å²) in [4.78, 5) is 72.6. The number of phosphoric ester groups is 2. The first kappa shape index (κ1) is 90.1. The molecule has 0 aliphatic rings. The van der Waals surface area contributed by atoms with Crippen molar-refractivity contribution in [3.05, 3.63) is 0 Å². The van der Waals surface area contributed by atoms with Crippen molar-refractivity contribution >= 4 is 39.5 Å². The van der Waals surface area contributed by atoms with Gasteiger partial charge in [-0.05, 0) is 37.5 Å². The molecule has 17 nitrogen and oxygen atoms in total. The Balaban J connectivity index is 5.23. The van der Waals surface area contributed by atoms with E-state index in [1.54, 1.807) is 0 Å². The van der Waals surface area contributed by atoms with Gasteiger partial charge in [0, 0.05) is 25.7 Å². The highest BCUT2D eigenvalue weighted by atomic mass is 31.2. The molecule has 0 bridgehead atoms. The zero-order valence-corrected chi connectivity index (χ0v) is 61.6. The van der Waals surface area contributed by atoms with Gasteiger partial charge >= 0.3 is 39.5 Å². The van der Waals surface area contributed by atoms with Gasteiger partial charge in [0.05, 0.1) is 26.4 Å². The van der Waals surface area contributed by atoms with Crippen molar-refractivity contribution in [1.29, 1.82) is 0 Å². The lowest BCUT2D eigenvalue weighted by molar-refractivity contribution is -0.161. The van der Waals surface area contributed by atoms with E-state index in [1.165, 1.54) is 186 Å². The average Bonchev–Trinajstić information content (AvgIpc) is 2.90. The molecule has 0 spiro atoms. The van der Waals surface area contributed by atoms with Gasteiger partial charge in [-0.25, -0.2) is 9.13 Å². The van der Waals surface area contributed by atoms with E-state index in [0.29, 0.717) is 31.6 Å². The second-order valence-electron chi connectivity index (χ2n) is 27.3. The molecule has 2 unspecified atom stereocenters. The van der Waals surface area contributed by atoms with Gasteiger partial charge in [0.2, 0.25) is 0 Å². The monoisotopic (exact) mass is 1350 g/mol. The Hall–Kier alpha value is -1.94. The number of esters is 4. The fraction of sp³-hybridized carbons (Fsp3) is 0.945. The van der Waals surface area contributed by atoms with Crippen LogP contribution < -0.4 is 0 Å². The third kappa shape index (κ3) is 66.7. The zero-order chi connectivity index (χ0) is 67.9. The number of rotatable bonds is 72. The van der Waals surface area contributed by atoms with Crippen LogP contribution in [-0.4, -0.2) is 96.7 Å². The van der Waals surface area contributed by atoms with Crippen LogP contribution in [-0.2, 0) is 65.4 Å². The summed E-state index contributed by atoms with van der Waals surface area (Å²) in [5.41, 5.74) is 0. The molecule has 0 aromatic rings. The van der Waals surface area contributed by atoms with Gasteiger partial charge < -0.3 is 33.8 Å². The summed E-state index contributed by atoms with van der Waals surface area (Å²) in [6.45, 7) is 9.47. The number of ether oxygens (including phenoxy) is 4. The van der Waals surface area contributed by atoms with Crippen LogP contribution >= 0.6 is 15.6 Å². The van der Waals surface area contributed by atoms with Crippen LogP contribution in [0.2, 0.25) is 0 Å². The molecule has 0 saturated carbocycles. The fourth-order valence-electron chi connectivity index (χ4n) is 11.1. The van der Waals surface area contributed by atoms with E-state index in [4.69, 9.17) is 37.0 Å². The molecule has 0 rings (SSSR count). The number of carbonyl (C=O) groups is 4. The van der Waals surface area contributed by atoms with Gasteiger partial charge in [-0.15, -0.1) is 0 Å². The summed E-state index contributed by atoms with van der Waals surface area (Å²) in [5.74, 6) is -0.705. The number of unbranched alkanes of at least 4 members (excludes halogenated alkanes) is 42. The molecule has 19 heteroatoms. The highest BCUT2D eigenvalue weighted by Crippen LogP contribution is 2.45. The molecule has 0 aromatic heterocycles. The molecule has 0 amide bonds. The van der Waals surface area contributed by atoms with Gasteiger partial charge in [-0.2, -0.15) is 0 Å². The third-order valence-corrected chi connectivity index (χ3v) is 18.9. The van der Waals surface area contributed by atoms with Crippen LogP contribution in [0.4, 0.5) is 0 Å². The van der Waals surface area contributed by atoms with Crippen molar-refractivity contribution in [3.63, 3.8) is 0 Å². The van der Waals surface area contributed by atoms with Gasteiger partial charge in [0.25, 0.3) is 0 Å². The molecule has 92 heavy (non-hydrogen) atoms. The topological polar surface area (TPSA) is 237 Å². The lowest BCUT2D eigenvalue weighted by Gasteiger charge is -2.21. The molecule has 0 fully saturated rings. The first-order valence-corrected chi connectivity index (χ1v) is 41.0. The van der Waals surface area contributed by atoms with Crippen molar-refractivity contribution in [3.8, 4) is 0 Å². The van der Waals surface area contributed by atoms with Crippen LogP contribution in [0.5, 0.6) is 0 Å². The van der Waals surface area contributed by atoms with E-state index in [2.05, 4.69) is 41.5 Å². The minimum atomic E-state index is -4.95. The first-order chi connectivity index (χ1) is 44.4. The van der Waals surface area contributed by atoms with Crippen molar-refractivity contribution in [2.24, 2.45) is 11.8 Å². The smallest absolute Gasteiger partial charge is 0.462 e. The van der Waals surface area contributed by atoms with Crippen LogP contribution in [0.3, 0.4) is 0 Å². The number of phosphoric acid groups is 2. The molecule has 0 heterocycles. The molecule has 5 atom stereocenters. The van der Waals surface area contributed by atoms with Crippen molar-refractivity contribution in [2.45, 2.75) is 394 Å². The standard InChI is InChI=1S/C73H142O17P2/c1-7-9-11-13-15-17-19-21-23-24-25-27-29-33-37-45-51-57-72(77)89-68(61-83-70(75)55-49-43-36-32-28-26-22-20-18-16-14-12-10-8-2)63-87-91(79,80)85-59-67(74)60-86-92(81,82)88-64-69(62-84-71(76)56-50-44-40-39-42-48-54-66(5)6)90-73(78)58-52-46-38-34-30-31-35-41-47-53-65(3)4/h65-69,74H,7-64H2,1-6H3,(H,79,80)(H,81,82)/t67-,68-,69-/m1/s1. The average molecular weight is 1350 g/mol. The molecule has 0 aromatic carbocycles. The van der Waals surface area contributed by atoms with E-state index in [0.717, 1.165) is 102 Å². The van der Waals surface area contributed by atoms with Crippen LogP contribution in [0.1, 0.15) is 375 Å². The van der Waals surface area contributed by atoms with Crippen LogP contribution in [0.25, 0.3) is 0 Å². The van der Waals surface area contributed by atoms with Crippen molar-refractivity contribution in [1.82, 2.24) is 0 Å². The van der Waals surface area contributed by atoms with E-state index < -0.39 is 97.5 Å². The minimum absolute atomic E-state index is 0.104. The Morgan fingerprint density at radius 1 is 0.293 bits per heavy atom. The second kappa shape index (κ2) is 65.0. The predicted octanol–water partition coefficient (Wildman–Crippen LogP) is 21.2. The zero-order valence-electron chi connectivity index (χ0n) is 59.9. The van der Waals surface area contributed by atoms with Crippen molar-refractivity contribution < 1.29 is 80.2 Å². The normalized spacial score (nSPS) is 14.1. The number of carbonyl (C=O) groups excluding carboxylic acids is 4. The van der Waals surface area contributed by atoms with Gasteiger partial charge in [0.15, 0.2) is 12.2 Å². The highest BCUT2D eigenvalue weighted by Gasteiger charge is 2.30. The predicted molar refractivity (Wildman–Crippen MR) is 372 cm³/mol. The summed E-state index contributed by atoms with van der Waals surface area (Å²) in [7, 11) is -9.90. The Kier molecular flexibility index (Phi) is 63.7. The van der Waals surface area contributed by atoms with Gasteiger partial charge in [0.1, 0.15) is 19.3 Å². The summed E-state index contributed by atoms with van der Waals surface area (Å²) in [6.07, 6.45) is 51.5. The van der Waals surface area contributed by atoms with E-state index in [-0.39, 0.29) is 25.7 Å². The maximum atomic E-state index is 13.1. The lowest BCUT2D eigenvalue weighted by atomic mass is 10.0. The fourth-order valence-corrected chi connectivity index (χ4v) is 12.7. The molecule has 3 N–H and O–H groups in total. The number of aliphatic hydroxyl groups excluding tert-OH is 1. The number of aliphatic hydroxyl groups is 1. The van der Waals surface area contributed by atoms with Crippen LogP contribution in [0, 0.1) is 11.8 Å². The third-order valence-electron chi connectivity index (χ3n) is 17.0. The largest absolute Gasteiger partial charge is 0.472 e. The van der Waals surface area contributed by atoms with Gasteiger partial charge in [-0.3, -0.25) is 37.3 Å². The van der Waals surface area contributed by atoms with Crippen LogP contribution in [0.15, 0.2) is 0 Å². The minimum Gasteiger partial charge on any atom is -0.462 e. The number of hydrogen-bond donors (Lipinski definition) is 3. The van der Waals surface area contributed by atoms with E-state index >= 15 is 0 Å². The Morgan fingerprint density at radius 3 is 0.739 bits per heavy atom. The molecule has 0 aliphatic carbocycles. The quantitative estimate of drug-likeness (QED) is 0.0222. The summed E-state index contributed by atoms with van der Waals surface area (Å²) in [5, 5.41) is 10.6. The molecule has 0 radical (unpaired) electrons. The maximum absolute atomic E-state index is 13.1. The Morgan fingerprint density at radius 2 is 0.500 bits per heavy atom. The van der Waals surface area contributed by atoms with E-state index in [1.807, 2.05) is 0 Å². The Labute approximate surface area is 562 Å². The SMILES string of the molecule is CCCCCCCCCCCCCCCCCCCC(=O)O[C@H](COC(=O)CCCCCCCCCCCCCCCC)COP(=O)(O)OC[C@@H](O)COP(=O)(O)OC[C@@H](COC(=O)CCCCCCCCC(C)C)OC(=O)CCCCCCCCCCCC(C)C. The molecule has 546 valence electrons. The first-order valence-electron chi connectivity index (χ1n) is 38.0. The second-order valence-corrected chi connectivity index (χ2v) is 30.2. The number of hydrogen-bond acceptors (Lipinski definition) is 15.